The van der Waals surface area contributed by atoms with Crippen molar-refractivity contribution in [3.63, 3.8) is 0 Å². The van der Waals surface area contributed by atoms with E-state index in [-0.39, 0.29) is 5.91 Å². The predicted octanol–water partition coefficient (Wildman–Crippen LogP) is 3.16. The molecule has 1 saturated heterocycles. The summed E-state index contributed by atoms with van der Waals surface area (Å²) in [5.74, 6) is 1.52. The van der Waals surface area contributed by atoms with Gasteiger partial charge in [-0.25, -0.2) is 4.98 Å². The van der Waals surface area contributed by atoms with E-state index in [9.17, 15) is 4.79 Å². The minimum Gasteiger partial charge on any atom is -0.368 e. The first-order valence-corrected chi connectivity index (χ1v) is 9.43. The molecular formula is C18H22N4OS. The van der Waals surface area contributed by atoms with Gasteiger partial charge in [0.25, 0.3) is 5.91 Å². The van der Waals surface area contributed by atoms with E-state index in [0.29, 0.717) is 5.92 Å². The van der Waals surface area contributed by atoms with Crippen LogP contribution >= 0.6 is 11.8 Å². The number of aromatic nitrogens is 2. The van der Waals surface area contributed by atoms with E-state index < -0.39 is 0 Å². The monoisotopic (exact) mass is 342 g/mol. The van der Waals surface area contributed by atoms with Gasteiger partial charge in [-0.3, -0.25) is 9.78 Å². The molecule has 0 unspecified atom stereocenters. The number of hydrogen-bond acceptors (Lipinski definition) is 5. The molecule has 6 heteroatoms. The summed E-state index contributed by atoms with van der Waals surface area (Å²) in [5, 5.41) is 4.29. The fourth-order valence-electron chi connectivity index (χ4n) is 2.88. The highest BCUT2D eigenvalue weighted by molar-refractivity contribution is 7.98. The molecule has 1 aromatic carbocycles. The predicted molar refractivity (Wildman–Crippen MR) is 97.4 cm³/mol. The number of nitrogens with one attached hydrogen (secondary N) is 1. The van der Waals surface area contributed by atoms with Gasteiger partial charge in [0.1, 0.15) is 10.8 Å². The van der Waals surface area contributed by atoms with Crippen molar-refractivity contribution in [3.8, 4) is 0 Å². The summed E-state index contributed by atoms with van der Waals surface area (Å²) in [6.07, 6.45) is 7.55. The van der Waals surface area contributed by atoms with Gasteiger partial charge in [0, 0.05) is 25.2 Å². The Hall–Kier alpha value is -2.08. The summed E-state index contributed by atoms with van der Waals surface area (Å²) in [6, 6.07) is 9.52. The van der Waals surface area contributed by atoms with Crippen molar-refractivity contribution in [1.82, 2.24) is 14.9 Å². The lowest BCUT2D eigenvalue weighted by atomic mass is 9.96. The fourth-order valence-corrected chi connectivity index (χ4v) is 3.24. The van der Waals surface area contributed by atoms with Crippen molar-refractivity contribution in [1.29, 1.82) is 0 Å². The summed E-state index contributed by atoms with van der Waals surface area (Å²) < 4.78 is 0. The number of hydrogen-bond donors (Lipinski definition) is 1. The average molecular weight is 342 g/mol. The topological polar surface area (TPSA) is 58.1 Å². The standard InChI is InChI=1S/C18H22N4OS/c1-24-17-13-19-12-16(21-17)20-11-14-7-9-22(10-8-14)18(23)15-5-3-2-4-6-15/h2-6,12-14H,7-11H2,1H3,(H,20,21). The van der Waals surface area contributed by atoms with Crippen LogP contribution in [0.2, 0.25) is 0 Å². The zero-order valence-corrected chi connectivity index (χ0v) is 14.6. The Balaban J connectivity index is 1.47. The smallest absolute Gasteiger partial charge is 0.253 e. The summed E-state index contributed by atoms with van der Waals surface area (Å²) in [6.45, 7) is 2.51. The number of amides is 1. The Morgan fingerprint density at radius 2 is 2.00 bits per heavy atom. The quantitative estimate of drug-likeness (QED) is 0.846. The lowest BCUT2D eigenvalue weighted by Gasteiger charge is -2.32. The lowest BCUT2D eigenvalue weighted by molar-refractivity contribution is 0.0695. The molecule has 0 spiro atoms. The molecule has 0 radical (unpaired) electrons. The van der Waals surface area contributed by atoms with Crippen molar-refractivity contribution in [2.24, 2.45) is 5.92 Å². The second kappa shape index (κ2) is 8.15. The molecule has 2 heterocycles. The third-order valence-corrected chi connectivity index (χ3v) is 4.93. The van der Waals surface area contributed by atoms with Crippen LogP contribution in [0, 0.1) is 5.92 Å². The molecule has 2 aromatic rings. The van der Waals surface area contributed by atoms with Gasteiger partial charge in [-0.15, -0.1) is 11.8 Å². The van der Waals surface area contributed by atoms with E-state index in [4.69, 9.17) is 0 Å². The second-order valence-electron chi connectivity index (χ2n) is 5.93. The van der Waals surface area contributed by atoms with Gasteiger partial charge >= 0.3 is 0 Å². The number of benzene rings is 1. The molecule has 1 aliphatic heterocycles. The molecule has 0 aliphatic carbocycles. The maximum absolute atomic E-state index is 12.4. The zero-order valence-electron chi connectivity index (χ0n) is 13.8. The van der Waals surface area contributed by atoms with Gasteiger partial charge in [-0.1, -0.05) is 18.2 Å². The number of thioether (sulfide) groups is 1. The normalized spacial score (nSPS) is 15.3. The van der Waals surface area contributed by atoms with Crippen LogP contribution in [0.4, 0.5) is 5.82 Å². The molecule has 24 heavy (non-hydrogen) atoms. The van der Waals surface area contributed by atoms with Crippen LogP contribution in [0.25, 0.3) is 0 Å². The molecule has 1 aliphatic rings. The second-order valence-corrected chi connectivity index (χ2v) is 6.76. The minimum atomic E-state index is 0.139. The van der Waals surface area contributed by atoms with E-state index in [1.807, 2.05) is 41.5 Å². The van der Waals surface area contributed by atoms with Gasteiger partial charge < -0.3 is 10.2 Å². The van der Waals surface area contributed by atoms with Gasteiger partial charge in [-0.05, 0) is 37.1 Å². The molecule has 0 bridgehead atoms. The largest absolute Gasteiger partial charge is 0.368 e. The highest BCUT2D eigenvalue weighted by atomic mass is 32.2. The lowest BCUT2D eigenvalue weighted by Crippen LogP contribution is -2.39. The first kappa shape index (κ1) is 16.8. The van der Waals surface area contributed by atoms with Crippen molar-refractivity contribution in [3.05, 3.63) is 48.3 Å². The molecule has 126 valence electrons. The van der Waals surface area contributed by atoms with Crippen molar-refractivity contribution >= 4 is 23.5 Å². The van der Waals surface area contributed by atoms with Crippen LogP contribution in [0.3, 0.4) is 0 Å². The van der Waals surface area contributed by atoms with Gasteiger partial charge in [0.15, 0.2) is 0 Å². The van der Waals surface area contributed by atoms with E-state index in [1.165, 1.54) is 0 Å². The van der Waals surface area contributed by atoms with E-state index >= 15 is 0 Å². The summed E-state index contributed by atoms with van der Waals surface area (Å²) in [4.78, 5) is 23.1. The molecule has 1 N–H and O–H groups in total. The Bertz CT molecular complexity index is 672. The van der Waals surface area contributed by atoms with Gasteiger partial charge in [0.05, 0.1) is 12.4 Å². The van der Waals surface area contributed by atoms with Crippen molar-refractivity contribution < 1.29 is 4.79 Å². The maximum Gasteiger partial charge on any atom is 0.253 e. The van der Waals surface area contributed by atoms with E-state index in [1.54, 1.807) is 24.2 Å². The van der Waals surface area contributed by atoms with Crippen LogP contribution in [0.15, 0.2) is 47.8 Å². The summed E-state index contributed by atoms with van der Waals surface area (Å²) >= 11 is 1.59. The Kier molecular flexibility index (Phi) is 5.69. The average Bonchev–Trinajstić information content (AvgIpc) is 2.67. The van der Waals surface area contributed by atoms with Crippen molar-refractivity contribution in [2.75, 3.05) is 31.2 Å². The number of carbonyl (C=O) groups excluding carboxylic acids is 1. The van der Waals surface area contributed by atoms with Crippen molar-refractivity contribution in [2.45, 2.75) is 17.9 Å². The number of carbonyl (C=O) groups is 1. The third kappa shape index (κ3) is 4.26. The number of piperidine rings is 1. The molecule has 1 amide bonds. The number of likely N-dealkylation sites (tertiary alicyclic amines) is 1. The Morgan fingerprint density at radius 3 is 2.71 bits per heavy atom. The molecule has 3 rings (SSSR count). The minimum absolute atomic E-state index is 0.139. The molecule has 5 nitrogen and oxygen atoms in total. The third-order valence-electron chi connectivity index (χ3n) is 4.32. The van der Waals surface area contributed by atoms with Gasteiger partial charge in [0.2, 0.25) is 0 Å². The SMILES string of the molecule is CSc1cncc(NCC2CCN(C(=O)c3ccccc3)CC2)n1. The van der Waals surface area contributed by atoms with Crippen LogP contribution in [0.5, 0.6) is 0 Å². The maximum atomic E-state index is 12.4. The number of anilines is 1. The summed E-state index contributed by atoms with van der Waals surface area (Å²) in [5.41, 5.74) is 0.776. The number of rotatable bonds is 5. The molecular weight excluding hydrogens is 320 g/mol. The number of nitrogens with zero attached hydrogens (tertiary/aromatic N) is 3. The first-order valence-electron chi connectivity index (χ1n) is 8.20. The molecule has 1 fully saturated rings. The van der Waals surface area contributed by atoms with Crippen LogP contribution in [-0.4, -0.2) is 46.7 Å². The summed E-state index contributed by atoms with van der Waals surface area (Å²) in [7, 11) is 0. The van der Waals surface area contributed by atoms with Crippen LogP contribution in [0.1, 0.15) is 23.2 Å². The first-order chi connectivity index (χ1) is 11.8. The van der Waals surface area contributed by atoms with Gasteiger partial charge in [-0.2, -0.15) is 0 Å². The molecule has 0 saturated carbocycles. The van der Waals surface area contributed by atoms with E-state index in [2.05, 4.69) is 15.3 Å². The Morgan fingerprint density at radius 1 is 1.25 bits per heavy atom. The molecule has 1 aromatic heterocycles. The van der Waals surface area contributed by atoms with Crippen LogP contribution in [-0.2, 0) is 0 Å². The fraction of sp³-hybridized carbons (Fsp3) is 0.389. The van der Waals surface area contributed by atoms with Crippen LogP contribution < -0.4 is 5.32 Å². The highest BCUT2D eigenvalue weighted by Crippen LogP contribution is 2.20. The molecule has 0 atom stereocenters. The van der Waals surface area contributed by atoms with E-state index in [0.717, 1.165) is 48.9 Å². The Labute approximate surface area is 146 Å². The highest BCUT2D eigenvalue weighted by Gasteiger charge is 2.23. The zero-order chi connectivity index (χ0) is 16.8.